The van der Waals surface area contributed by atoms with Crippen LogP contribution >= 0.6 is 0 Å². The largest absolute Gasteiger partial charge is 0.508 e. The molecule has 124 valence electrons. The van der Waals surface area contributed by atoms with Gasteiger partial charge in [0, 0.05) is 6.54 Å². The van der Waals surface area contributed by atoms with Crippen molar-refractivity contribution in [3.05, 3.63) is 41.2 Å². The lowest BCUT2D eigenvalue weighted by molar-refractivity contribution is -0.129. The van der Waals surface area contributed by atoms with Crippen molar-refractivity contribution >= 4 is 11.7 Å². The Bertz CT molecular complexity index is 634. The first-order chi connectivity index (χ1) is 10.8. The van der Waals surface area contributed by atoms with Gasteiger partial charge in [-0.1, -0.05) is 12.1 Å². The van der Waals surface area contributed by atoms with Crippen LogP contribution in [0.5, 0.6) is 5.75 Å². The van der Waals surface area contributed by atoms with Gasteiger partial charge in [-0.15, -0.1) is 0 Å². The fourth-order valence-electron chi connectivity index (χ4n) is 2.80. The average molecular weight is 318 g/mol. The number of aromatic hydroxyl groups is 1. The van der Waals surface area contributed by atoms with Crippen molar-refractivity contribution in [1.29, 1.82) is 0 Å². The van der Waals surface area contributed by atoms with Crippen molar-refractivity contribution in [3.63, 3.8) is 0 Å². The summed E-state index contributed by atoms with van der Waals surface area (Å²) in [5.41, 5.74) is 0.806. The first-order valence-electron chi connectivity index (χ1n) is 7.51. The number of carbonyl (C=O) groups excluding carboxylic acids is 2. The molecule has 6 heteroatoms. The summed E-state index contributed by atoms with van der Waals surface area (Å²) < 4.78 is 0. The van der Waals surface area contributed by atoms with E-state index in [1.54, 1.807) is 12.1 Å². The molecule has 1 aliphatic heterocycles. The number of phenols is 1. The molecule has 1 aliphatic rings. The van der Waals surface area contributed by atoms with E-state index in [0.717, 1.165) is 13.0 Å². The van der Waals surface area contributed by atoms with Crippen LogP contribution in [0.25, 0.3) is 0 Å². The highest BCUT2D eigenvalue weighted by Crippen LogP contribution is 2.38. The smallest absolute Gasteiger partial charge is 0.290 e. The highest BCUT2D eigenvalue weighted by molar-refractivity contribution is 6.08. The standard InChI is InChI=1S/C17H22N2O4/c1-11(20)14-15(12-5-7-13(21)8-6-12)19(17(23)16(14)22)10-4-9-18(2)3/h5-8,15,21-22H,4,9-10H2,1-3H3. The van der Waals surface area contributed by atoms with Crippen LogP contribution in [0.15, 0.2) is 35.6 Å². The number of amides is 1. The number of rotatable bonds is 6. The number of hydrogen-bond acceptors (Lipinski definition) is 5. The lowest BCUT2D eigenvalue weighted by Gasteiger charge is -2.27. The zero-order valence-electron chi connectivity index (χ0n) is 13.6. The normalized spacial score (nSPS) is 18.2. The summed E-state index contributed by atoms with van der Waals surface area (Å²) in [6, 6.07) is 5.72. The van der Waals surface area contributed by atoms with Crippen LogP contribution in [0.2, 0.25) is 0 Å². The molecular formula is C17H22N2O4. The zero-order chi connectivity index (χ0) is 17.1. The molecule has 0 aromatic heterocycles. The summed E-state index contributed by atoms with van der Waals surface area (Å²) in [5, 5.41) is 19.5. The van der Waals surface area contributed by atoms with E-state index in [1.165, 1.54) is 24.0 Å². The van der Waals surface area contributed by atoms with Crippen molar-refractivity contribution in [2.75, 3.05) is 27.2 Å². The van der Waals surface area contributed by atoms with E-state index in [2.05, 4.69) is 0 Å². The molecule has 23 heavy (non-hydrogen) atoms. The van der Waals surface area contributed by atoms with Crippen LogP contribution in [0.3, 0.4) is 0 Å². The lowest BCUT2D eigenvalue weighted by atomic mass is 9.96. The van der Waals surface area contributed by atoms with E-state index >= 15 is 0 Å². The lowest BCUT2D eigenvalue weighted by Crippen LogP contribution is -2.33. The molecule has 1 atom stereocenters. The van der Waals surface area contributed by atoms with Crippen molar-refractivity contribution in [2.45, 2.75) is 19.4 Å². The van der Waals surface area contributed by atoms with Crippen LogP contribution in [-0.2, 0) is 9.59 Å². The van der Waals surface area contributed by atoms with Crippen LogP contribution in [0.1, 0.15) is 24.9 Å². The number of phenolic OH excluding ortho intramolecular Hbond substituents is 1. The number of aliphatic hydroxyl groups excluding tert-OH is 1. The quantitative estimate of drug-likeness (QED) is 0.833. The van der Waals surface area contributed by atoms with Gasteiger partial charge in [0.2, 0.25) is 0 Å². The van der Waals surface area contributed by atoms with E-state index in [1.807, 2.05) is 19.0 Å². The summed E-state index contributed by atoms with van der Waals surface area (Å²) >= 11 is 0. The second-order valence-electron chi connectivity index (χ2n) is 5.97. The van der Waals surface area contributed by atoms with Crippen LogP contribution < -0.4 is 0 Å². The number of benzene rings is 1. The summed E-state index contributed by atoms with van der Waals surface area (Å²) in [6.45, 7) is 2.57. The predicted molar refractivity (Wildman–Crippen MR) is 86.1 cm³/mol. The highest BCUT2D eigenvalue weighted by atomic mass is 16.3. The molecule has 0 bridgehead atoms. The number of aliphatic hydroxyl groups is 1. The molecule has 0 aliphatic carbocycles. The van der Waals surface area contributed by atoms with Gasteiger partial charge in [0.05, 0.1) is 11.6 Å². The minimum Gasteiger partial charge on any atom is -0.508 e. The van der Waals surface area contributed by atoms with Crippen LogP contribution in [0.4, 0.5) is 0 Å². The average Bonchev–Trinajstić information content (AvgIpc) is 2.72. The molecule has 1 aromatic rings. The molecule has 0 spiro atoms. The first kappa shape index (κ1) is 17.0. The molecule has 0 radical (unpaired) electrons. The Morgan fingerprint density at radius 1 is 1.22 bits per heavy atom. The molecule has 2 N–H and O–H groups in total. The Morgan fingerprint density at radius 2 is 1.83 bits per heavy atom. The highest BCUT2D eigenvalue weighted by Gasteiger charge is 2.41. The SMILES string of the molecule is CC(=O)C1=C(O)C(=O)N(CCCN(C)C)C1c1ccc(O)cc1. The first-order valence-corrected chi connectivity index (χ1v) is 7.51. The summed E-state index contributed by atoms with van der Waals surface area (Å²) in [4.78, 5) is 27.8. The van der Waals surface area contributed by atoms with Gasteiger partial charge in [-0.2, -0.15) is 0 Å². The monoisotopic (exact) mass is 318 g/mol. The maximum atomic E-state index is 12.3. The Labute approximate surface area is 135 Å². The zero-order valence-corrected chi connectivity index (χ0v) is 13.6. The van der Waals surface area contributed by atoms with Gasteiger partial charge in [-0.25, -0.2) is 0 Å². The van der Waals surface area contributed by atoms with E-state index in [9.17, 15) is 19.8 Å². The minimum absolute atomic E-state index is 0.106. The van der Waals surface area contributed by atoms with Crippen molar-refractivity contribution < 1.29 is 19.8 Å². The number of ketones is 1. The van der Waals surface area contributed by atoms with E-state index in [-0.39, 0.29) is 17.1 Å². The third-order valence-corrected chi connectivity index (χ3v) is 3.90. The summed E-state index contributed by atoms with van der Waals surface area (Å²) in [6.07, 6.45) is 0.728. The number of carbonyl (C=O) groups is 2. The van der Waals surface area contributed by atoms with Gasteiger partial charge < -0.3 is 20.0 Å². The number of hydrogen-bond donors (Lipinski definition) is 2. The van der Waals surface area contributed by atoms with Gasteiger partial charge >= 0.3 is 0 Å². The molecule has 1 amide bonds. The molecule has 1 unspecified atom stereocenters. The molecule has 1 heterocycles. The third-order valence-electron chi connectivity index (χ3n) is 3.90. The second kappa shape index (κ2) is 6.83. The fourth-order valence-corrected chi connectivity index (χ4v) is 2.80. The van der Waals surface area contributed by atoms with Crippen LogP contribution in [-0.4, -0.2) is 58.9 Å². The number of nitrogens with zero attached hydrogens (tertiary/aromatic N) is 2. The van der Waals surface area contributed by atoms with Gasteiger partial charge in [0.25, 0.3) is 5.91 Å². The topological polar surface area (TPSA) is 81.1 Å². The van der Waals surface area contributed by atoms with Crippen LogP contribution in [0, 0.1) is 0 Å². The molecule has 0 saturated heterocycles. The summed E-state index contributed by atoms with van der Waals surface area (Å²) in [5.74, 6) is -1.22. The second-order valence-corrected chi connectivity index (χ2v) is 5.97. The Hall–Kier alpha value is -2.34. The van der Waals surface area contributed by atoms with E-state index in [0.29, 0.717) is 12.1 Å². The van der Waals surface area contributed by atoms with Gasteiger partial charge in [0.15, 0.2) is 11.5 Å². The summed E-state index contributed by atoms with van der Waals surface area (Å²) in [7, 11) is 3.89. The van der Waals surface area contributed by atoms with Crippen molar-refractivity contribution in [1.82, 2.24) is 9.80 Å². The Balaban J connectivity index is 2.34. The van der Waals surface area contributed by atoms with Gasteiger partial charge in [-0.3, -0.25) is 9.59 Å². The molecule has 0 saturated carbocycles. The fraction of sp³-hybridized carbons (Fsp3) is 0.412. The number of Topliss-reactive ketones (excluding diaryl/α,β-unsaturated/α-hetero) is 1. The molecule has 6 nitrogen and oxygen atoms in total. The Kier molecular flexibility index (Phi) is 5.05. The maximum Gasteiger partial charge on any atom is 0.290 e. The van der Waals surface area contributed by atoms with E-state index < -0.39 is 17.7 Å². The van der Waals surface area contributed by atoms with Crippen molar-refractivity contribution in [2.24, 2.45) is 0 Å². The molecule has 0 fully saturated rings. The molecular weight excluding hydrogens is 296 g/mol. The van der Waals surface area contributed by atoms with E-state index in [4.69, 9.17) is 0 Å². The maximum absolute atomic E-state index is 12.3. The van der Waals surface area contributed by atoms with Gasteiger partial charge in [0.1, 0.15) is 5.75 Å². The predicted octanol–water partition coefficient (Wildman–Crippen LogP) is 1.63. The molecule has 1 aromatic carbocycles. The van der Waals surface area contributed by atoms with Gasteiger partial charge in [-0.05, 0) is 51.7 Å². The molecule has 2 rings (SSSR count). The minimum atomic E-state index is -0.609. The Morgan fingerprint density at radius 3 is 2.35 bits per heavy atom. The third kappa shape index (κ3) is 3.53. The van der Waals surface area contributed by atoms with Crippen molar-refractivity contribution in [3.8, 4) is 5.75 Å².